The molecule has 3 rings (SSSR count). The molecule has 2 aromatic rings. The number of carbonyl (C=O) groups is 1. The largest absolute Gasteiger partial charge is 0.359 e. The number of hydrogen-bond donors (Lipinski definition) is 1. The van der Waals surface area contributed by atoms with E-state index in [1.54, 1.807) is 11.0 Å². The van der Waals surface area contributed by atoms with Crippen molar-refractivity contribution in [2.75, 3.05) is 6.54 Å². The Hall–Kier alpha value is -2.37. The van der Waals surface area contributed by atoms with Crippen molar-refractivity contribution >= 4 is 5.91 Å². The molecule has 1 atom stereocenters. The van der Waals surface area contributed by atoms with E-state index >= 15 is 0 Å². The van der Waals surface area contributed by atoms with Gasteiger partial charge < -0.3 is 14.4 Å². The van der Waals surface area contributed by atoms with E-state index < -0.39 is 0 Å². The summed E-state index contributed by atoms with van der Waals surface area (Å²) in [5.41, 5.74) is 2.32. The highest BCUT2D eigenvalue weighted by Crippen LogP contribution is 2.33. The first-order chi connectivity index (χ1) is 10.5. The van der Waals surface area contributed by atoms with E-state index in [-0.39, 0.29) is 23.1 Å². The summed E-state index contributed by atoms with van der Waals surface area (Å²) >= 11 is 0. The van der Waals surface area contributed by atoms with Gasteiger partial charge in [-0.15, -0.1) is 0 Å². The van der Waals surface area contributed by atoms with Gasteiger partial charge in [0.1, 0.15) is 5.56 Å². The molecule has 0 aromatic carbocycles. The summed E-state index contributed by atoms with van der Waals surface area (Å²) in [6.45, 7) is 6.17. The number of pyridine rings is 1. The van der Waals surface area contributed by atoms with Crippen molar-refractivity contribution in [3.05, 3.63) is 50.8 Å². The zero-order valence-electron chi connectivity index (χ0n) is 13.0. The van der Waals surface area contributed by atoms with Crippen LogP contribution in [-0.2, 0) is 0 Å². The molecule has 0 unspecified atom stereocenters. The van der Waals surface area contributed by atoms with Gasteiger partial charge in [-0.1, -0.05) is 5.16 Å². The molecular formula is C16H19N3O3. The number of nitrogens with one attached hydrogen (secondary N) is 1. The Morgan fingerprint density at radius 3 is 2.82 bits per heavy atom. The molecule has 6 nitrogen and oxygen atoms in total. The second-order valence-corrected chi connectivity index (χ2v) is 5.85. The average molecular weight is 301 g/mol. The Labute approximate surface area is 128 Å². The fraction of sp³-hybridized carbons (Fsp3) is 0.438. The van der Waals surface area contributed by atoms with E-state index in [1.165, 1.54) is 0 Å². The van der Waals surface area contributed by atoms with Crippen LogP contribution in [0.25, 0.3) is 0 Å². The highest BCUT2D eigenvalue weighted by Gasteiger charge is 2.34. The van der Waals surface area contributed by atoms with Gasteiger partial charge in [-0.2, -0.15) is 0 Å². The van der Waals surface area contributed by atoms with E-state index in [0.717, 1.165) is 29.8 Å². The van der Waals surface area contributed by atoms with Gasteiger partial charge >= 0.3 is 0 Å². The van der Waals surface area contributed by atoms with Crippen LogP contribution < -0.4 is 5.56 Å². The van der Waals surface area contributed by atoms with Gasteiger partial charge in [0.2, 0.25) is 0 Å². The molecule has 0 bridgehead atoms. The lowest BCUT2D eigenvalue weighted by atomic mass is 10.1. The molecule has 6 heteroatoms. The number of aromatic amines is 1. The lowest BCUT2D eigenvalue weighted by molar-refractivity contribution is 0.0712. The summed E-state index contributed by atoms with van der Waals surface area (Å²) < 4.78 is 5.31. The van der Waals surface area contributed by atoms with Crippen molar-refractivity contribution in [1.82, 2.24) is 15.0 Å². The summed E-state index contributed by atoms with van der Waals surface area (Å²) in [5, 5.41) is 3.89. The summed E-state index contributed by atoms with van der Waals surface area (Å²) in [4.78, 5) is 29.3. The quantitative estimate of drug-likeness (QED) is 0.922. The monoisotopic (exact) mass is 301 g/mol. The molecule has 1 N–H and O–H groups in total. The van der Waals surface area contributed by atoms with Crippen LogP contribution in [0.4, 0.5) is 0 Å². The zero-order valence-corrected chi connectivity index (χ0v) is 13.0. The van der Waals surface area contributed by atoms with Gasteiger partial charge in [0.25, 0.3) is 11.5 Å². The molecule has 1 aliphatic heterocycles. The third kappa shape index (κ3) is 2.45. The minimum atomic E-state index is -0.340. The highest BCUT2D eigenvalue weighted by atomic mass is 16.5. The maximum absolute atomic E-state index is 12.8. The van der Waals surface area contributed by atoms with Crippen LogP contribution in [0.1, 0.15) is 52.0 Å². The van der Waals surface area contributed by atoms with Crippen LogP contribution in [0.3, 0.4) is 0 Å². The van der Waals surface area contributed by atoms with Crippen LogP contribution in [0.2, 0.25) is 0 Å². The molecular weight excluding hydrogens is 282 g/mol. The first-order valence-electron chi connectivity index (χ1n) is 7.42. The van der Waals surface area contributed by atoms with Crippen LogP contribution in [0.5, 0.6) is 0 Å². The number of H-pyrrole nitrogens is 1. The Morgan fingerprint density at radius 2 is 2.14 bits per heavy atom. The number of likely N-dealkylation sites (tertiary alicyclic amines) is 1. The topological polar surface area (TPSA) is 79.2 Å². The zero-order chi connectivity index (χ0) is 15.9. The third-order valence-corrected chi connectivity index (χ3v) is 4.22. The molecule has 3 heterocycles. The Kier molecular flexibility index (Phi) is 3.60. The summed E-state index contributed by atoms with van der Waals surface area (Å²) in [7, 11) is 0. The van der Waals surface area contributed by atoms with E-state index in [2.05, 4.69) is 10.1 Å². The number of carbonyl (C=O) groups excluding carboxylic acids is 1. The van der Waals surface area contributed by atoms with Crippen molar-refractivity contribution < 1.29 is 9.32 Å². The maximum atomic E-state index is 12.8. The van der Waals surface area contributed by atoms with E-state index in [1.807, 2.05) is 26.8 Å². The van der Waals surface area contributed by atoms with Crippen molar-refractivity contribution in [3.8, 4) is 0 Å². The third-order valence-electron chi connectivity index (χ3n) is 4.22. The van der Waals surface area contributed by atoms with E-state index in [9.17, 15) is 9.59 Å². The molecule has 0 aliphatic carbocycles. The summed E-state index contributed by atoms with van der Waals surface area (Å²) in [6, 6.07) is 3.37. The Morgan fingerprint density at radius 1 is 1.36 bits per heavy atom. The molecule has 1 aliphatic rings. The van der Waals surface area contributed by atoms with Gasteiger partial charge in [0.15, 0.2) is 5.76 Å². The lowest BCUT2D eigenvalue weighted by Crippen LogP contribution is -2.34. The Bertz CT molecular complexity index is 775. The van der Waals surface area contributed by atoms with Crippen molar-refractivity contribution in [1.29, 1.82) is 0 Å². The Balaban J connectivity index is 1.94. The molecule has 2 aromatic heterocycles. The lowest BCUT2D eigenvalue weighted by Gasteiger charge is -2.22. The smallest absolute Gasteiger partial charge is 0.261 e. The molecule has 0 saturated carbocycles. The SMILES string of the molecule is Cc1cc([C@H]2CCCN2C(=O)c2cc(C)c(C)[nH]c2=O)on1. The maximum Gasteiger partial charge on any atom is 0.261 e. The predicted octanol–water partition coefficient (Wildman–Crippen LogP) is 2.27. The minimum absolute atomic E-state index is 0.144. The first-order valence-corrected chi connectivity index (χ1v) is 7.42. The molecule has 1 fully saturated rings. The summed E-state index contributed by atoms with van der Waals surface area (Å²) in [6.07, 6.45) is 1.71. The standard InChI is InChI=1S/C16H19N3O3/c1-9-7-12(15(20)17-11(9)3)16(21)19-6-4-5-13(19)14-8-10(2)18-22-14/h7-8,13H,4-6H2,1-3H3,(H,17,20)/t13-/m1/s1. The van der Waals surface area contributed by atoms with Gasteiger partial charge in [-0.05, 0) is 45.2 Å². The second-order valence-electron chi connectivity index (χ2n) is 5.85. The predicted molar refractivity (Wildman–Crippen MR) is 80.8 cm³/mol. The van der Waals surface area contributed by atoms with Crippen molar-refractivity contribution in [3.63, 3.8) is 0 Å². The first kappa shape index (κ1) is 14.6. The number of hydrogen-bond acceptors (Lipinski definition) is 4. The number of aryl methyl sites for hydroxylation is 3. The number of amides is 1. The van der Waals surface area contributed by atoms with Gasteiger partial charge in [0, 0.05) is 18.3 Å². The normalized spacial score (nSPS) is 18.0. The average Bonchev–Trinajstić information content (AvgIpc) is 3.10. The van der Waals surface area contributed by atoms with Crippen LogP contribution in [0.15, 0.2) is 21.5 Å². The van der Waals surface area contributed by atoms with Crippen LogP contribution >= 0.6 is 0 Å². The fourth-order valence-electron chi connectivity index (χ4n) is 2.89. The minimum Gasteiger partial charge on any atom is -0.359 e. The fourth-order valence-corrected chi connectivity index (χ4v) is 2.89. The van der Waals surface area contributed by atoms with Gasteiger partial charge in [-0.25, -0.2) is 0 Å². The molecule has 22 heavy (non-hydrogen) atoms. The van der Waals surface area contributed by atoms with Crippen LogP contribution in [-0.4, -0.2) is 27.5 Å². The molecule has 116 valence electrons. The number of aromatic nitrogens is 2. The van der Waals surface area contributed by atoms with Crippen molar-refractivity contribution in [2.24, 2.45) is 0 Å². The van der Waals surface area contributed by atoms with E-state index in [0.29, 0.717) is 12.3 Å². The molecule has 0 radical (unpaired) electrons. The van der Waals surface area contributed by atoms with E-state index in [4.69, 9.17) is 4.52 Å². The molecule has 1 saturated heterocycles. The highest BCUT2D eigenvalue weighted by molar-refractivity contribution is 5.94. The summed E-state index contributed by atoms with van der Waals surface area (Å²) in [5.74, 6) is 0.435. The number of nitrogens with zero attached hydrogens (tertiary/aromatic N) is 2. The second kappa shape index (κ2) is 5.44. The van der Waals surface area contributed by atoms with Crippen LogP contribution in [0, 0.1) is 20.8 Å². The molecule has 1 amide bonds. The van der Waals surface area contributed by atoms with Crippen molar-refractivity contribution in [2.45, 2.75) is 39.7 Å². The molecule has 0 spiro atoms. The van der Waals surface area contributed by atoms with Gasteiger partial charge in [0.05, 0.1) is 11.7 Å². The van der Waals surface area contributed by atoms with Gasteiger partial charge in [-0.3, -0.25) is 9.59 Å². The number of rotatable bonds is 2.